The number of thiophene rings is 1. The van der Waals surface area contributed by atoms with Crippen LogP contribution in [0, 0.1) is 23.7 Å². The zero-order valence-electron chi connectivity index (χ0n) is 34.0. The smallest absolute Gasteiger partial charge is 0.0603 e. The lowest BCUT2D eigenvalue weighted by Gasteiger charge is -2.63. The van der Waals surface area contributed by atoms with Crippen molar-refractivity contribution < 1.29 is 0 Å². The van der Waals surface area contributed by atoms with Crippen LogP contribution >= 0.6 is 11.3 Å². The lowest BCUT2D eigenvalue weighted by Crippen LogP contribution is -2.57. The first-order valence-corrected chi connectivity index (χ1v) is 23.2. The van der Waals surface area contributed by atoms with Crippen molar-refractivity contribution in [2.75, 3.05) is 4.90 Å². The van der Waals surface area contributed by atoms with Gasteiger partial charge in [-0.05, 0) is 144 Å². The highest BCUT2D eigenvalue weighted by atomic mass is 32.1. The maximum atomic E-state index is 2.65. The maximum absolute atomic E-state index is 2.65. The quantitative estimate of drug-likeness (QED) is 0.168. The van der Waals surface area contributed by atoms with Gasteiger partial charge in [0.25, 0.3) is 0 Å². The molecule has 0 unspecified atom stereocenters. The molecule has 0 amide bonds. The van der Waals surface area contributed by atoms with Crippen molar-refractivity contribution in [3.8, 4) is 27.9 Å². The summed E-state index contributed by atoms with van der Waals surface area (Å²) in [4.78, 5) is 2.52. The van der Waals surface area contributed by atoms with E-state index in [0.717, 1.165) is 17.5 Å². The Hall–Kier alpha value is -6.42. The molecule has 292 valence electrons. The Kier molecular flexibility index (Phi) is 7.20. The molecule has 5 aliphatic rings. The molecule has 2 nitrogen and oxygen atoms in total. The Morgan fingerprint density at radius 2 is 1.10 bits per heavy atom. The van der Waals surface area contributed by atoms with Crippen LogP contribution in [0.25, 0.3) is 69.9 Å². The van der Waals surface area contributed by atoms with Crippen LogP contribution in [-0.2, 0) is 5.41 Å². The van der Waals surface area contributed by atoms with Gasteiger partial charge in [-0.3, -0.25) is 0 Å². The zero-order chi connectivity index (χ0) is 39.8. The van der Waals surface area contributed by atoms with Crippen LogP contribution in [0.4, 0.5) is 17.1 Å². The summed E-state index contributed by atoms with van der Waals surface area (Å²) in [7, 11) is 0. The molecule has 10 aromatic rings. The normalized spacial score (nSPS) is 22.2. The van der Waals surface area contributed by atoms with Crippen molar-refractivity contribution in [2.24, 2.45) is 23.7 Å². The molecular formula is C58H44N2S. The van der Waals surface area contributed by atoms with Crippen molar-refractivity contribution in [1.29, 1.82) is 0 Å². The first-order chi connectivity index (χ1) is 30.2. The monoisotopic (exact) mass is 800 g/mol. The van der Waals surface area contributed by atoms with Gasteiger partial charge in [0.05, 0.1) is 22.4 Å². The summed E-state index contributed by atoms with van der Waals surface area (Å²) in [6.45, 7) is 0. The third-order valence-electron chi connectivity index (χ3n) is 15.6. The zero-order valence-corrected chi connectivity index (χ0v) is 34.8. The van der Waals surface area contributed by atoms with Crippen LogP contribution in [0.1, 0.15) is 43.2 Å². The molecule has 4 fully saturated rings. The van der Waals surface area contributed by atoms with Crippen molar-refractivity contribution >= 4 is 70.4 Å². The van der Waals surface area contributed by atoms with E-state index in [0.29, 0.717) is 11.8 Å². The number of nitrogens with zero attached hydrogens (tertiary/aromatic N) is 2. The lowest BCUT2D eigenvalue weighted by atomic mass is 9.41. The van der Waals surface area contributed by atoms with Crippen LogP contribution in [0.3, 0.4) is 0 Å². The maximum Gasteiger partial charge on any atom is 0.0603 e. The fraction of sp³-hybridized carbons (Fsp3) is 0.172. The summed E-state index contributed by atoms with van der Waals surface area (Å²) in [6, 6.07) is 68.8. The van der Waals surface area contributed by atoms with E-state index in [9.17, 15) is 0 Å². The van der Waals surface area contributed by atoms with Gasteiger partial charge in [0.2, 0.25) is 0 Å². The molecule has 8 aromatic carbocycles. The second-order valence-corrected chi connectivity index (χ2v) is 19.5. The van der Waals surface area contributed by atoms with Crippen LogP contribution in [0.2, 0.25) is 0 Å². The van der Waals surface area contributed by atoms with E-state index in [4.69, 9.17) is 0 Å². The van der Waals surface area contributed by atoms with Crippen molar-refractivity contribution in [3.63, 3.8) is 0 Å². The van der Waals surface area contributed by atoms with Crippen LogP contribution in [0.5, 0.6) is 0 Å². The molecule has 1 spiro atoms. The first kappa shape index (κ1) is 34.3. The Balaban J connectivity index is 0.973. The van der Waals surface area contributed by atoms with Gasteiger partial charge >= 0.3 is 0 Å². The molecule has 0 atom stereocenters. The van der Waals surface area contributed by atoms with E-state index < -0.39 is 0 Å². The summed E-state index contributed by atoms with van der Waals surface area (Å²) < 4.78 is 5.31. The van der Waals surface area contributed by atoms with Crippen LogP contribution in [0.15, 0.2) is 182 Å². The Morgan fingerprint density at radius 3 is 1.92 bits per heavy atom. The topological polar surface area (TPSA) is 8.17 Å². The molecule has 2 aromatic heterocycles. The molecule has 15 rings (SSSR count). The van der Waals surface area contributed by atoms with Crippen LogP contribution in [-0.4, -0.2) is 4.57 Å². The molecule has 0 saturated heterocycles. The summed E-state index contributed by atoms with van der Waals surface area (Å²) in [5.74, 6) is 3.18. The number of hydrogen-bond acceptors (Lipinski definition) is 2. The average Bonchev–Trinajstić information content (AvgIpc) is 3.87. The summed E-state index contributed by atoms with van der Waals surface area (Å²) >= 11 is 1.88. The molecule has 3 heteroatoms. The van der Waals surface area contributed by atoms with E-state index in [1.165, 1.54) is 113 Å². The summed E-state index contributed by atoms with van der Waals surface area (Å²) in [5, 5.41) is 5.37. The summed E-state index contributed by atoms with van der Waals surface area (Å²) in [5.41, 5.74) is 15.9. The van der Waals surface area contributed by atoms with Crippen molar-refractivity contribution in [1.82, 2.24) is 4.57 Å². The minimum absolute atomic E-state index is 0.0530. The van der Waals surface area contributed by atoms with Gasteiger partial charge in [-0.25, -0.2) is 0 Å². The fourth-order valence-corrected chi connectivity index (χ4v) is 14.7. The third-order valence-corrected chi connectivity index (χ3v) is 16.7. The summed E-state index contributed by atoms with van der Waals surface area (Å²) in [6.07, 6.45) is 6.94. The number of fused-ring (bicyclic) bond motifs is 8. The molecular weight excluding hydrogens is 757 g/mol. The average molecular weight is 801 g/mol. The Labute approximate surface area is 360 Å². The molecule has 4 aliphatic carbocycles. The standard InChI is InChI=1S/C58H44N2S/c1-2-13-41(14-3-1)59(42-27-25-38(26-28-42)43-15-4-5-16-44(43)45-19-12-24-54-55(45)47-18-7-11-23-53(47)61-54)52-30-29-49-57-56(52)46-17-6-9-21-50(46)60(57)51-22-10-8-20-48(51)58(49)39-32-36-31-37(34-39)35-40(58)33-36/h1-30,36-37,39-40H,31-35H2. The Morgan fingerprint density at radius 1 is 0.459 bits per heavy atom. The number of hydrogen-bond donors (Lipinski definition) is 0. The molecule has 61 heavy (non-hydrogen) atoms. The molecule has 0 N–H and O–H groups in total. The fourth-order valence-electron chi connectivity index (χ4n) is 13.6. The van der Waals surface area contributed by atoms with Gasteiger partial charge in [-0.2, -0.15) is 0 Å². The second-order valence-electron chi connectivity index (χ2n) is 18.4. The van der Waals surface area contributed by atoms with Gasteiger partial charge in [-0.1, -0.05) is 127 Å². The molecule has 3 heterocycles. The largest absolute Gasteiger partial charge is 0.310 e. The number of para-hydroxylation sites is 3. The Bertz CT molecular complexity index is 3360. The van der Waals surface area contributed by atoms with Gasteiger partial charge < -0.3 is 9.47 Å². The minimum Gasteiger partial charge on any atom is -0.310 e. The van der Waals surface area contributed by atoms with Gasteiger partial charge in [0.1, 0.15) is 0 Å². The predicted molar refractivity (Wildman–Crippen MR) is 257 cm³/mol. The number of anilines is 3. The minimum atomic E-state index is 0.0530. The van der Waals surface area contributed by atoms with E-state index >= 15 is 0 Å². The van der Waals surface area contributed by atoms with Gasteiger partial charge in [-0.15, -0.1) is 11.3 Å². The van der Waals surface area contributed by atoms with Gasteiger partial charge in [0, 0.05) is 47.7 Å². The molecule has 4 bridgehead atoms. The highest BCUT2D eigenvalue weighted by Crippen LogP contribution is 2.68. The number of aromatic nitrogens is 1. The lowest BCUT2D eigenvalue weighted by molar-refractivity contribution is -0.0418. The van der Waals surface area contributed by atoms with Gasteiger partial charge in [0.15, 0.2) is 0 Å². The number of rotatable bonds is 5. The molecule has 0 radical (unpaired) electrons. The first-order valence-electron chi connectivity index (χ1n) is 22.4. The third kappa shape index (κ3) is 4.68. The van der Waals surface area contributed by atoms with Crippen molar-refractivity contribution in [3.05, 3.63) is 193 Å². The highest BCUT2D eigenvalue weighted by Gasteiger charge is 2.61. The molecule has 4 saturated carbocycles. The van der Waals surface area contributed by atoms with E-state index in [1.54, 1.807) is 11.1 Å². The highest BCUT2D eigenvalue weighted by molar-refractivity contribution is 7.25. The van der Waals surface area contributed by atoms with E-state index in [-0.39, 0.29) is 5.41 Å². The van der Waals surface area contributed by atoms with Crippen LogP contribution < -0.4 is 4.90 Å². The predicted octanol–water partition coefficient (Wildman–Crippen LogP) is 16.0. The second kappa shape index (κ2) is 12.8. The SMILES string of the molecule is c1ccc(N(c2ccc(-c3ccccc3-c3cccc4sc5ccccc5c34)cc2)c2ccc3c4c2c2ccccc2n4-c2ccccc2C32C3CC4CC(C3)CC2C4)cc1. The molecule has 1 aliphatic heterocycles. The van der Waals surface area contributed by atoms with E-state index in [2.05, 4.69) is 191 Å². The number of benzene rings is 8. The van der Waals surface area contributed by atoms with E-state index in [1.807, 2.05) is 11.3 Å². The van der Waals surface area contributed by atoms with Crippen molar-refractivity contribution in [2.45, 2.75) is 37.5 Å².